The fourth-order valence-electron chi connectivity index (χ4n) is 1.28. The predicted octanol–water partition coefficient (Wildman–Crippen LogP) is 3.14. The SMILES string of the molecule is CCCCCO.Cc1cc2cc-2c1. The van der Waals surface area contributed by atoms with Crippen molar-refractivity contribution in [2.24, 2.45) is 0 Å². The molecule has 0 saturated heterocycles. The van der Waals surface area contributed by atoms with E-state index < -0.39 is 0 Å². The molecule has 0 heterocycles. The number of aryl methyl sites for hydroxylation is 1. The molecule has 0 radical (unpaired) electrons. The van der Waals surface area contributed by atoms with E-state index in [4.69, 9.17) is 5.11 Å². The summed E-state index contributed by atoms with van der Waals surface area (Å²) in [4.78, 5) is 0. The number of aliphatic hydroxyl groups excluding tert-OH is 1. The molecule has 0 aliphatic heterocycles. The van der Waals surface area contributed by atoms with Crippen LogP contribution in [0.4, 0.5) is 0 Å². The summed E-state index contributed by atoms with van der Waals surface area (Å²) < 4.78 is 0. The van der Waals surface area contributed by atoms with Crippen LogP contribution in [-0.4, -0.2) is 11.7 Å². The predicted molar refractivity (Wildman–Crippen MR) is 56.8 cm³/mol. The van der Waals surface area contributed by atoms with Gasteiger partial charge in [0.15, 0.2) is 0 Å². The zero-order valence-corrected chi connectivity index (χ0v) is 8.51. The van der Waals surface area contributed by atoms with E-state index in [2.05, 4.69) is 32.0 Å². The first-order chi connectivity index (χ1) is 6.27. The second kappa shape index (κ2) is 5.03. The molecule has 0 spiro atoms. The lowest BCUT2D eigenvalue weighted by Crippen LogP contribution is -1.78. The van der Waals surface area contributed by atoms with Crippen molar-refractivity contribution in [1.29, 1.82) is 0 Å². The Bertz CT molecular complexity index is 242. The van der Waals surface area contributed by atoms with Crippen LogP contribution in [0.3, 0.4) is 0 Å². The molecule has 0 amide bonds. The molecule has 1 N–H and O–H groups in total. The van der Waals surface area contributed by atoms with Crippen LogP contribution >= 0.6 is 0 Å². The fourth-order valence-corrected chi connectivity index (χ4v) is 1.28. The average Bonchev–Trinajstić information content (AvgIpc) is 2.72. The van der Waals surface area contributed by atoms with Gasteiger partial charge in [0.25, 0.3) is 0 Å². The maximum atomic E-state index is 8.20. The van der Waals surface area contributed by atoms with Crippen LogP contribution in [-0.2, 0) is 0 Å². The third kappa shape index (κ3) is 3.60. The van der Waals surface area contributed by atoms with Crippen molar-refractivity contribution in [2.45, 2.75) is 33.1 Å². The van der Waals surface area contributed by atoms with E-state index >= 15 is 0 Å². The van der Waals surface area contributed by atoms with Gasteiger partial charge in [0.1, 0.15) is 0 Å². The number of hydrogen-bond acceptors (Lipinski definition) is 1. The van der Waals surface area contributed by atoms with E-state index in [1.54, 1.807) is 0 Å². The molecule has 1 heteroatoms. The third-order valence-electron chi connectivity index (χ3n) is 2.09. The van der Waals surface area contributed by atoms with E-state index in [9.17, 15) is 0 Å². The molecule has 0 fully saturated rings. The number of aliphatic hydroxyl groups is 1. The lowest BCUT2D eigenvalue weighted by molar-refractivity contribution is 0.284. The summed E-state index contributed by atoms with van der Waals surface area (Å²) >= 11 is 0. The number of unbranched alkanes of at least 4 members (excludes halogenated alkanes) is 2. The van der Waals surface area contributed by atoms with Crippen LogP contribution in [0.25, 0.3) is 11.1 Å². The van der Waals surface area contributed by atoms with Gasteiger partial charge in [-0.05, 0) is 36.1 Å². The second-order valence-electron chi connectivity index (χ2n) is 3.52. The Hall–Kier alpha value is -0.820. The number of fused-ring (bicyclic) bond motifs is 1. The number of hydrogen-bond donors (Lipinski definition) is 1. The van der Waals surface area contributed by atoms with E-state index in [0.717, 1.165) is 12.8 Å². The normalized spacial score (nSPS) is 10.4. The minimum Gasteiger partial charge on any atom is -0.396 e. The summed E-state index contributed by atoms with van der Waals surface area (Å²) in [5, 5.41) is 8.20. The van der Waals surface area contributed by atoms with Crippen LogP contribution in [0, 0.1) is 6.92 Å². The maximum Gasteiger partial charge on any atom is 0.0431 e. The van der Waals surface area contributed by atoms with Crippen molar-refractivity contribution in [2.75, 3.05) is 6.61 Å². The highest BCUT2D eigenvalue weighted by molar-refractivity contribution is 5.82. The van der Waals surface area contributed by atoms with Gasteiger partial charge in [0.2, 0.25) is 0 Å². The third-order valence-corrected chi connectivity index (χ3v) is 2.09. The highest BCUT2D eigenvalue weighted by atomic mass is 16.2. The first-order valence-electron chi connectivity index (χ1n) is 5.01. The van der Waals surface area contributed by atoms with Crippen molar-refractivity contribution in [1.82, 2.24) is 0 Å². The first-order valence-corrected chi connectivity index (χ1v) is 5.01. The molecule has 1 nitrogen and oxygen atoms in total. The molecule has 2 aliphatic carbocycles. The molecule has 0 unspecified atom stereocenters. The van der Waals surface area contributed by atoms with E-state index in [-0.39, 0.29) is 0 Å². The summed E-state index contributed by atoms with van der Waals surface area (Å²) in [6.07, 6.45) is 3.33. The van der Waals surface area contributed by atoms with Crippen LogP contribution in [0.15, 0.2) is 18.2 Å². The standard InChI is InChI=1S/C7H6.C5H12O/c1-5-2-6-4-7(6)3-5;1-2-3-4-5-6/h2-4H,1H3;6H,2-5H2,1H3. The second-order valence-corrected chi connectivity index (χ2v) is 3.52. The van der Waals surface area contributed by atoms with Crippen molar-refractivity contribution in [3.63, 3.8) is 0 Å². The maximum absolute atomic E-state index is 8.20. The molecule has 2 rings (SSSR count). The first kappa shape index (κ1) is 10.3. The minimum atomic E-state index is 0.355. The Morgan fingerprint density at radius 2 is 1.69 bits per heavy atom. The van der Waals surface area contributed by atoms with Crippen molar-refractivity contribution < 1.29 is 5.11 Å². The largest absolute Gasteiger partial charge is 0.396 e. The number of rotatable bonds is 3. The molecule has 72 valence electrons. The van der Waals surface area contributed by atoms with E-state index in [0.29, 0.717) is 6.61 Å². The van der Waals surface area contributed by atoms with Gasteiger partial charge in [-0.25, -0.2) is 0 Å². The van der Waals surface area contributed by atoms with Crippen molar-refractivity contribution in [3.8, 4) is 11.1 Å². The molecule has 0 aromatic heterocycles. The fraction of sp³-hybridized carbons (Fsp3) is 0.500. The minimum absolute atomic E-state index is 0.355. The molecule has 2 aliphatic rings. The molecule has 13 heavy (non-hydrogen) atoms. The van der Waals surface area contributed by atoms with Gasteiger partial charge in [-0.3, -0.25) is 0 Å². The van der Waals surface area contributed by atoms with Gasteiger partial charge in [0.05, 0.1) is 0 Å². The Morgan fingerprint density at radius 3 is 1.92 bits per heavy atom. The highest BCUT2D eigenvalue weighted by Crippen LogP contribution is 2.35. The monoisotopic (exact) mass is 178 g/mol. The molecule has 0 saturated carbocycles. The van der Waals surface area contributed by atoms with Gasteiger partial charge in [-0.2, -0.15) is 0 Å². The highest BCUT2D eigenvalue weighted by Gasteiger charge is 2.10. The molecule has 0 aromatic carbocycles. The van der Waals surface area contributed by atoms with Crippen molar-refractivity contribution >= 4 is 0 Å². The van der Waals surface area contributed by atoms with E-state index in [1.165, 1.54) is 23.1 Å². The summed E-state index contributed by atoms with van der Waals surface area (Å²) in [5.41, 5.74) is 4.28. The van der Waals surface area contributed by atoms with Crippen LogP contribution in [0.1, 0.15) is 31.7 Å². The molecule has 0 bridgehead atoms. The summed E-state index contributed by atoms with van der Waals surface area (Å²) in [6, 6.07) is 6.59. The Balaban J connectivity index is 0.000000133. The summed E-state index contributed by atoms with van der Waals surface area (Å²) in [5.74, 6) is 0. The van der Waals surface area contributed by atoms with Crippen LogP contribution in [0.2, 0.25) is 0 Å². The van der Waals surface area contributed by atoms with Crippen LogP contribution in [0.5, 0.6) is 0 Å². The van der Waals surface area contributed by atoms with Gasteiger partial charge >= 0.3 is 0 Å². The molecular weight excluding hydrogens is 160 g/mol. The lowest BCUT2D eigenvalue weighted by Gasteiger charge is -1.85. The topological polar surface area (TPSA) is 20.2 Å². The van der Waals surface area contributed by atoms with Gasteiger partial charge in [-0.1, -0.05) is 31.9 Å². The molecule has 0 atom stereocenters. The van der Waals surface area contributed by atoms with Gasteiger partial charge in [0, 0.05) is 6.61 Å². The Morgan fingerprint density at radius 1 is 1.08 bits per heavy atom. The van der Waals surface area contributed by atoms with E-state index in [1.807, 2.05) is 0 Å². The quantitative estimate of drug-likeness (QED) is 0.716. The zero-order chi connectivity index (χ0) is 9.68. The van der Waals surface area contributed by atoms with Crippen molar-refractivity contribution in [3.05, 3.63) is 23.8 Å². The smallest absolute Gasteiger partial charge is 0.0431 e. The summed E-state index contributed by atoms with van der Waals surface area (Å²) in [6.45, 7) is 4.60. The van der Waals surface area contributed by atoms with Gasteiger partial charge in [-0.15, -0.1) is 0 Å². The van der Waals surface area contributed by atoms with Crippen LogP contribution < -0.4 is 0 Å². The Labute approximate surface area is 80.4 Å². The number of benzene rings is 1. The average molecular weight is 178 g/mol. The molecular formula is C12H18O. The van der Waals surface area contributed by atoms with Gasteiger partial charge < -0.3 is 5.11 Å². The summed E-state index contributed by atoms with van der Waals surface area (Å²) in [7, 11) is 0. The lowest BCUT2D eigenvalue weighted by atomic mass is 10.3. The molecule has 0 aromatic rings. The Kier molecular flexibility index (Phi) is 3.97. The zero-order valence-electron chi connectivity index (χ0n) is 8.51.